The molecule has 12 heavy (non-hydrogen) atoms. The third-order valence-electron chi connectivity index (χ3n) is 3.19. The fourth-order valence-corrected chi connectivity index (χ4v) is 3.42. The van der Waals surface area contributed by atoms with E-state index >= 15 is 0 Å². The van der Waals surface area contributed by atoms with E-state index in [0.29, 0.717) is 12.8 Å². The molecule has 66 valence electrons. The smallest absolute Gasteiger partial charge is 0.166 e. The summed E-state index contributed by atoms with van der Waals surface area (Å²) in [4.78, 5) is 0. The Morgan fingerprint density at radius 1 is 1.33 bits per heavy atom. The van der Waals surface area contributed by atoms with Crippen molar-refractivity contribution in [1.82, 2.24) is 0 Å². The molecule has 2 fully saturated rings. The quantitative estimate of drug-likeness (QED) is 0.609. The van der Waals surface area contributed by atoms with Crippen molar-refractivity contribution >= 4 is 9.84 Å². The number of rotatable bonds is 1. The maximum Gasteiger partial charge on any atom is 0.166 e. The van der Waals surface area contributed by atoms with Crippen LogP contribution in [0.2, 0.25) is 0 Å². The lowest BCUT2D eigenvalue weighted by atomic mass is 9.72. The molecule has 0 unspecified atom stereocenters. The van der Waals surface area contributed by atoms with E-state index in [0.717, 1.165) is 12.8 Å². The molecule has 2 aliphatic carbocycles. The Morgan fingerprint density at radius 3 is 2.08 bits per heavy atom. The molecule has 0 saturated heterocycles. The highest BCUT2D eigenvalue weighted by atomic mass is 32.2. The average molecular weight is 185 g/mol. The molecule has 0 amide bonds. The normalized spacial score (nSPS) is 29.0. The second-order valence-electron chi connectivity index (χ2n) is 4.23. The summed E-state index contributed by atoms with van der Waals surface area (Å²) in [6.07, 6.45) is 4.56. The van der Waals surface area contributed by atoms with Gasteiger partial charge in [-0.1, -0.05) is 0 Å². The van der Waals surface area contributed by atoms with Crippen molar-refractivity contribution in [3.05, 3.63) is 0 Å². The maximum absolute atomic E-state index is 11.3. The summed E-state index contributed by atoms with van der Waals surface area (Å²) in [6.45, 7) is 0. The van der Waals surface area contributed by atoms with Crippen molar-refractivity contribution in [1.29, 1.82) is 5.26 Å². The van der Waals surface area contributed by atoms with Crippen molar-refractivity contribution in [2.24, 2.45) is 5.41 Å². The molecule has 0 N–H and O–H groups in total. The molecule has 1 spiro atoms. The van der Waals surface area contributed by atoms with Crippen molar-refractivity contribution < 1.29 is 8.42 Å². The van der Waals surface area contributed by atoms with Gasteiger partial charge in [0.25, 0.3) is 0 Å². The van der Waals surface area contributed by atoms with Crippen LogP contribution in [0.15, 0.2) is 0 Å². The summed E-state index contributed by atoms with van der Waals surface area (Å²) in [5.41, 5.74) is 0.263. The number of hydrogen-bond acceptors (Lipinski definition) is 3. The molecule has 2 saturated carbocycles. The standard InChI is InChI=1S/C8H11NO2S/c1-12(10,11)8(6-9)4-7(5-8)2-3-7/h2-5H2,1H3. The fraction of sp³-hybridized carbons (Fsp3) is 0.875. The first kappa shape index (κ1) is 8.06. The van der Waals surface area contributed by atoms with Crippen LogP contribution < -0.4 is 0 Å². The van der Waals surface area contributed by atoms with Gasteiger partial charge in [0.2, 0.25) is 0 Å². The lowest BCUT2D eigenvalue weighted by Gasteiger charge is -2.41. The van der Waals surface area contributed by atoms with Crippen LogP contribution >= 0.6 is 0 Å². The fourth-order valence-electron chi connectivity index (χ4n) is 2.11. The summed E-state index contributed by atoms with van der Waals surface area (Å²) in [7, 11) is -3.17. The minimum atomic E-state index is -3.17. The lowest BCUT2D eigenvalue weighted by Crippen LogP contribution is -2.49. The second kappa shape index (κ2) is 1.85. The molecule has 0 atom stereocenters. The van der Waals surface area contributed by atoms with Crippen molar-refractivity contribution in [2.45, 2.75) is 30.4 Å². The van der Waals surface area contributed by atoms with Gasteiger partial charge < -0.3 is 0 Å². The Morgan fingerprint density at radius 2 is 1.83 bits per heavy atom. The molecular weight excluding hydrogens is 174 g/mol. The van der Waals surface area contributed by atoms with Gasteiger partial charge in [-0.2, -0.15) is 5.26 Å². The van der Waals surface area contributed by atoms with Crippen LogP contribution in [0.3, 0.4) is 0 Å². The first-order valence-corrected chi connectivity index (χ1v) is 5.93. The van der Waals surface area contributed by atoms with E-state index in [1.54, 1.807) is 0 Å². The molecule has 0 aliphatic heterocycles. The van der Waals surface area contributed by atoms with E-state index in [2.05, 4.69) is 0 Å². The first-order valence-electron chi connectivity index (χ1n) is 4.04. The van der Waals surface area contributed by atoms with Gasteiger partial charge in [0, 0.05) is 6.26 Å². The Kier molecular flexibility index (Phi) is 1.24. The molecule has 0 heterocycles. The molecule has 4 heteroatoms. The molecule has 3 nitrogen and oxygen atoms in total. The maximum atomic E-state index is 11.3. The summed E-state index contributed by atoms with van der Waals surface area (Å²) in [5.74, 6) is 0. The second-order valence-corrected chi connectivity index (χ2v) is 6.56. The Labute approximate surface area is 72.3 Å². The highest BCUT2D eigenvalue weighted by Gasteiger charge is 2.65. The number of sulfone groups is 1. The summed E-state index contributed by atoms with van der Waals surface area (Å²) < 4.78 is 21.5. The van der Waals surface area contributed by atoms with Crippen LogP contribution in [0.1, 0.15) is 25.7 Å². The van der Waals surface area contributed by atoms with Crippen molar-refractivity contribution in [2.75, 3.05) is 6.26 Å². The van der Waals surface area contributed by atoms with E-state index in [4.69, 9.17) is 5.26 Å². The summed E-state index contributed by atoms with van der Waals surface area (Å²) in [5, 5.41) is 8.80. The third kappa shape index (κ3) is 0.831. The topological polar surface area (TPSA) is 57.9 Å². The van der Waals surface area contributed by atoms with Crippen molar-refractivity contribution in [3.63, 3.8) is 0 Å². The molecule has 0 aromatic rings. The third-order valence-corrected chi connectivity index (χ3v) is 4.99. The zero-order chi connectivity index (χ0) is 9.04. The van der Waals surface area contributed by atoms with Crippen LogP contribution in [0.25, 0.3) is 0 Å². The minimum absolute atomic E-state index is 0.263. The largest absolute Gasteiger partial charge is 0.227 e. The van der Waals surface area contributed by atoms with Gasteiger partial charge in [-0.15, -0.1) is 0 Å². The number of nitriles is 1. The van der Waals surface area contributed by atoms with Gasteiger partial charge in [0.05, 0.1) is 6.07 Å². The SMILES string of the molecule is CS(=O)(=O)C1(C#N)CC2(CC2)C1. The zero-order valence-electron chi connectivity index (χ0n) is 7.00. The van der Waals surface area contributed by atoms with Gasteiger partial charge in [-0.05, 0) is 31.1 Å². The Hall–Kier alpha value is -0.560. The molecule has 2 aliphatic rings. The van der Waals surface area contributed by atoms with Gasteiger partial charge in [0.1, 0.15) is 0 Å². The molecule has 0 radical (unpaired) electrons. The highest BCUT2D eigenvalue weighted by Crippen LogP contribution is 2.66. The van der Waals surface area contributed by atoms with Gasteiger partial charge >= 0.3 is 0 Å². The average Bonchev–Trinajstić information content (AvgIpc) is 2.58. The summed E-state index contributed by atoms with van der Waals surface area (Å²) in [6, 6.07) is 1.96. The minimum Gasteiger partial charge on any atom is -0.227 e. The van der Waals surface area contributed by atoms with Crippen molar-refractivity contribution in [3.8, 4) is 6.07 Å². The van der Waals surface area contributed by atoms with Gasteiger partial charge in [0.15, 0.2) is 14.6 Å². The first-order chi connectivity index (χ1) is 5.43. The molecule has 0 bridgehead atoms. The highest BCUT2D eigenvalue weighted by molar-refractivity contribution is 7.92. The molecule has 0 aromatic heterocycles. The predicted octanol–water partition coefficient (Wildman–Crippen LogP) is 0.867. The monoisotopic (exact) mass is 185 g/mol. The number of hydrogen-bond donors (Lipinski definition) is 0. The van der Waals surface area contributed by atoms with Gasteiger partial charge in [-0.3, -0.25) is 0 Å². The molecular formula is C8H11NO2S. The summed E-state index contributed by atoms with van der Waals surface area (Å²) >= 11 is 0. The number of nitrogens with zero attached hydrogens (tertiary/aromatic N) is 1. The Bertz CT molecular complexity index is 351. The zero-order valence-corrected chi connectivity index (χ0v) is 7.82. The van der Waals surface area contributed by atoms with E-state index in [9.17, 15) is 8.42 Å². The molecule has 0 aromatic carbocycles. The predicted molar refractivity (Wildman–Crippen MR) is 44.1 cm³/mol. The van der Waals surface area contributed by atoms with E-state index < -0.39 is 14.6 Å². The van der Waals surface area contributed by atoms with Crippen LogP contribution in [-0.4, -0.2) is 19.4 Å². The van der Waals surface area contributed by atoms with E-state index in [-0.39, 0.29) is 5.41 Å². The Balaban J connectivity index is 2.27. The van der Waals surface area contributed by atoms with E-state index in [1.165, 1.54) is 6.26 Å². The van der Waals surface area contributed by atoms with E-state index in [1.807, 2.05) is 6.07 Å². The lowest BCUT2D eigenvalue weighted by molar-refractivity contribution is 0.239. The molecule has 2 rings (SSSR count). The van der Waals surface area contributed by atoms with Crippen LogP contribution in [0.5, 0.6) is 0 Å². The van der Waals surface area contributed by atoms with Crippen LogP contribution in [0, 0.1) is 16.7 Å². The van der Waals surface area contributed by atoms with Gasteiger partial charge in [-0.25, -0.2) is 8.42 Å². The van der Waals surface area contributed by atoms with Crippen LogP contribution in [0.4, 0.5) is 0 Å². The van der Waals surface area contributed by atoms with Crippen LogP contribution in [-0.2, 0) is 9.84 Å².